The molecule has 0 saturated carbocycles. The summed E-state index contributed by atoms with van der Waals surface area (Å²) in [7, 11) is 1.64. The summed E-state index contributed by atoms with van der Waals surface area (Å²) in [6.07, 6.45) is 4.00. The average Bonchev–Trinajstić information content (AvgIpc) is 3.18. The maximum atomic E-state index is 13.0. The van der Waals surface area contributed by atoms with Crippen LogP contribution in [0.15, 0.2) is 42.5 Å². The van der Waals surface area contributed by atoms with Crippen LogP contribution < -0.4 is 15.4 Å². The number of nitrogens with one attached hydrogen (secondary N) is 2. The zero-order valence-electron chi connectivity index (χ0n) is 20.7. The number of carbonyl (C=O) groups excluding carboxylic acids is 1. The molecule has 11 heteroatoms. The van der Waals surface area contributed by atoms with Gasteiger partial charge in [-0.1, -0.05) is 12.1 Å². The van der Waals surface area contributed by atoms with Gasteiger partial charge in [-0.2, -0.15) is 9.78 Å². The number of aromatic nitrogens is 3. The van der Waals surface area contributed by atoms with E-state index in [-0.39, 0.29) is 29.5 Å². The van der Waals surface area contributed by atoms with Crippen LogP contribution in [0.1, 0.15) is 35.5 Å². The first-order chi connectivity index (χ1) is 17.4. The summed E-state index contributed by atoms with van der Waals surface area (Å²) in [6, 6.07) is 12.7. The largest absolute Gasteiger partial charge is 0.495 e. The zero-order chi connectivity index (χ0) is 25.4. The van der Waals surface area contributed by atoms with E-state index in [2.05, 4.69) is 15.7 Å². The van der Waals surface area contributed by atoms with E-state index in [9.17, 15) is 14.9 Å². The molecule has 0 fully saturated rings. The highest BCUT2D eigenvalue weighted by Gasteiger charge is 2.25. The topological polar surface area (TPSA) is 124 Å². The van der Waals surface area contributed by atoms with Crippen LogP contribution in [0, 0.1) is 24.0 Å². The Kier molecular flexibility index (Phi) is 7.30. The van der Waals surface area contributed by atoms with Crippen molar-refractivity contribution in [2.75, 3.05) is 17.7 Å². The predicted octanol–water partition coefficient (Wildman–Crippen LogP) is 6.09. The molecule has 0 atom stereocenters. The number of para-hydroxylation sites is 2. The number of hydrogen-bond donors (Lipinski definition) is 2. The van der Waals surface area contributed by atoms with Gasteiger partial charge in [0.2, 0.25) is 0 Å². The molecule has 2 aromatic carbocycles. The second kappa shape index (κ2) is 10.4. The molecule has 4 aromatic rings. The lowest BCUT2D eigenvalue weighted by Gasteiger charge is -2.23. The molecule has 37 heavy (non-hydrogen) atoms. The summed E-state index contributed by atoms with van der Waals surface area (Å²) < 4.78 is 6.57. The molecule has 1 aliphatic rings. The minimum Gasteiger partial charge on any atom is -0.495 e. The summed E-state index contributed by atoms with van der Waals surface area (Å²) >= 11 is 0. The second-order valence-corrected chi connectivity index (χ2v) is 8.79. The number of benzene rings is 2. The molecule has 1 amide bonds. The van der Waals surface area contributed by atoms with Gasteiger partial charge in [0.25, 0.3) is 0 Å². The van der Waals surface area contributed by atoms with E-state index in [0.717, 1.165) is 69.6 Å². The third kappa shape index (κ3) is 4.79. The quantitative estimate of drug-likeness (QED) is 0.240. The third-order valence-corrected chi connectivity index (χ3v) is 6.51. The van der Waals surface area contributed by atoms with Crippen molar-refractivity contribution < 1.29 is 14.5 Å². The summed E-state index contributed by atoms with van der Waals surface area (Å²) in [5, 5.41) is 22.6. The number of halogens is 1. The predicted molar refractivity (Wildman–Crippen MR) is 145 cm³/mol. The first-order valence-electron chi connectivity index (χ1n) is 11.7. The van der Waals surface area contributed by atoms with Gasteiger partial charge >= 0.3 is 11.7 Å². The number of pyridine rings is 1. The number of fused-ring (bicyclic) bond motifs is 2. The van der Waals surface area contributed by atoms with Crippen molar-refractivity contribution in [3.8, 4) is 5.75 Å². The summed E-state index contributed by atoms with van der Waals surface area (Å²) in [5.41, 5.74) is 5.56. The van der Waals surface area contributed by atoms with Crippen molar-refractivity contribution in [1.29, 1.82) is 0 Å². The Labute approximate surface area is 219 Å². The van der Waals surface area contributed by atoms with Crippen molar-refractivity contribution in [3.63, 3.8) is 0 Å². The number of methoxy groups -OCH3 is 1. The van der Waals surface area contributed by atoms with Crippen LogP contribution in [0.5, 0.6) is 5.75 Å². The molecule has 0 saturated heterocycles. The van der Waals surface area contributed by atoms with E-state index in [0.29, 0.717) is 5.69 Å². The van der Waals surface area contributed by atoms with Crippen LogP contribution in [0.25, 0.3) is 10.9 Å². The number of nitrogens with zero attached hydrogens (tertiary/aromatic N) is 4. The number of hydrogen-bond acceptors (Lipinski definition) is 7. The average molecular weight is 523 g/mol. The monoisotopic (exact) mass is 522 g/mol. The van der Waals surface area contributed by atoms with E-state index in [4.69, 9.17) is 9.72 Å². The van der Waals surface area contributed by atoms with Gasteiger partial charge in [-0.25, -0.2) is 4.79 Å². The van der Waals surface area contributed by atoms with Crippen molar-refractivity contribution in [3.05, 3.63) is 75.2 Å². The first-order valence-corrected chi connectivity index (χ1v) is 11.7. The maximum Gasteiger partial charge on any atom is 0.346 e. The number of aryl methyl sites for hydroxylation is 2. The lowest BCUT2D eigenvalue weighted by Crippen LogP contribution is -2.22. The van der Waals surface area contributed by atoms with E-state index >= 15 is 0 Å². The summed E-state index contributed by atoms with van der Waals surface area (Å²) in [5.74, 6) is 0.725. The SMILES string of the molecule is COc1ccccc1Nc1c2c(nc3ccc(NC(=O)n4nc(C)c([N+](=O)[O-])c4C)cc13)CCCC2.Cl. The van der Waals surface area contributed by atoms with Crippen LogP contribution in [0.2, 0.25) is 0 Å². The third-order valence-electron chi connectivity index (χ3n) is 6.51. The van der Waals surface area contributed by atoms with Crippen LogP contribution in [0.4, 0.5) is 27.5 Å². The molecule has 2 N–H and O–H groups in total. The molecule has 2 aromatic heterocycles. The smallest absolute Gasteiger partial charge is 0.346 e. The van der Waals surface area contributed by atoms with Crippen LogP contribution in [0.3, 0.4) is 0 Å². The zero-order valence-corrected chi connectivity index (χ0v) is 21.5. The van der Waals surface area contributed by atoms with E-state index in [1.165, 1.54) is 13.8 Å². The maximum absolute atomic E-state index is 13.0. The first kappa shape index (κ1) is 25.9. The highest BCUT2D eigenvalue weighted by atomic mass is 35.5. The normalized spacial score (nSPS) is 12.4. The minimum absolute atomic E-state index is 0. The summed E-state index contributed by atoms with van der Waals surface area (Å²) in [6.45, 7) is 3.01. The van der Waals surface area contributed by atoms with Crippen molar-refractivity contribution >= 4 is 52.1 Å². The Hall–Kier alpha value is -4.18. The van der Waals surface area contributed by atoms with Crippen molar-refractivity contribution in [1.82, 2.24) is 14.8 Å². The molecule has 5 rings (SSSR count). The Morgan fingerprint density at radius 2 is 1.89 bits per heavy atom. The van der Waals surface area contributed by atoms with Gasteiger partial charge in [0.05, 0.1) is 28.9 Å². The number of carbonyl (C=O) groups is 1. The Bertz CT molecular complexity index is 1520. The fraction of sp³-hybridized carbons (Fsp3) is 0.269. The number of ether oxygens (including phenoxy) is 1. The van der Waals surface area contributed by atoms with E-state index < -0.39 is 11.0 Å². The minimum atomic E-state index is -0.576. The molecular formula is C26H27ClN6O4. The standard InChI is InChI=1S/C26H26N6O4.ClH/c1-15-25(32(34)35)16(2)31(30-15)26(33)27-17-12-13-21-19(14-17)24(18-8-4-5-9-20(18)28-21)29-22-10-6-7-11-23(22)36-3;/h6-7,10-14H,4-5,8-9H2,1-3H3,(H,27,33)(H,28,29);1H. The molecule has 0 spiro atoms. The van der Waals surface area contributed by atoms with E-state index in [1.54, 1.807) is 13.2 Å². The van der Waals surface area contributed by atoms with Gasteiger partial charge in [-0.05, 0) is 75.4 Å². The molecule has 1 aliphatic carbocycles. The lowest BCUT2D eigenvalue weighted by molar-refractivity contribution is -0.386. The van der Waals surface area contributed by atoms with Crippen LogP contribution in [-0.2, 0) is 12.8 Å². The molecule has 2 heterocycles. The number of rotatable bonds is 5. The van der Waals surface area contributed by atoms with Gasteiger partial charge in [-0.15, -0.1) is 12.4 Å². The number of amides is 1. The van der Waals surface area contributed by atoms with Gasteiger partial charge in [-0.3, -0.25) is 15.1 Å². The molecular weight excluding hydrogens is 496 g/mol. The number of nitro groups is 1. The molecule has 0 bridgehead atoms. The number of anilines is 3. The second-order valence-electron chi connectivity index (χ2n) is 8.79. The van der Waals surface area contributed by atoms with Crippen molar-refractivity contribution in [2.45, 2.75) is 39.5 Å². The molecule has 0 aliphatic heterocycles. The summed E-state index contributed by atoms with van der Waals surface area (Å²) in [4.78, 5) is 28.7. The molecule has 10 nitrogen and oxygen atoms in total. The van der Waals surface area contributed by atoms with Gasteiger partial charge in [0, 0.05) is 16.8 Å². The van der Waals surface area contributed by atoms with Crippen LogP contribution in [-0.4, -0.2) is 32.8 Å². The fourth-order valence-electron chi connectivity index (χ4n) is 4.80. The van der Waals surface area contributed by atoms with E-state index in [1.807, 2.05) is 36.4 Å². The van der Waals surface area contributed by atoms with Gasteiger partial charge < -0.3 is 15.4 Å². The molecule has 192 valence electrons. The lowest BCUT2D eigenvalue weighted by atomic mass is 9.92. The molecule has 0 radical (unpaired) electrons. The van der Waals surface area contributed by atoms with Gasteiger partial charge in [0.1, 0.15) is 17.1 Å². The van der Waals surface area contributed by atoms with Gasteiger partial charge in [0.15, 0.2) is 0 Å². The fourth-order valence-corrected chi connectivity index (χ4v) is 4.80. The Morgan fingerprint density at radius 1 is 1.14 bits per heavy atom. The van der Waals surface area contributed by atoms with Crippen molar-refractivity contribution in [2.24, 2.45) is 0 Å². The molecule has 0 unspecified atom stereocenters. The highest BCUT2D eigenvalue weighted by molar-refractivity contribution is 6.00. The Balaban J connectivity index is 0.00000320. The Morgan fingerprint density at radius 3 is 2.62 bits per heavy atom. The van der Waals surface area contributed by atoms with Crippen LogP contribution >= 0.6 is 12.4 Å². The highest BCUT2D eigenvalue weighted by Crippen LogP contribution is 2.38.